The number of hydrogen-bond acceptors (Lipinski definition) is 2. The minimum Gasteiger partial charge on any atom is -0.213 e. The summed E-state index contributed by atoms with van der Waals surface area (Å²) in [5, 5.41) is 0. The van der Waals surface area contributed by atoms with Crippen molar-refractivity contribution in [1.29, 1.82) is 0 Å². The van der Waals surface area contributed by atoms with Crippen molar-refractivity contribution in [2.24, 2.45) is 0 Å². The molecule has 0 bridgehead atoms. The average molecular weight is 260 g/mol. The molecule has 0 fully saturated rings. The number of hydrogen-bond donors (Lipinski definition) is 1. The summed E-state index contributed by atoms with van der Waals surface area (Å²) in [4.78, 5) is 0. The molecule has 2 aromatic rings. The molecule has 0 aromatic heterocycles. The molecule has 18 heavy (non-hydrogen) atoms. The van der Waals surface area contributed by atoms with Crippen LogP contribution in [-0.4, -0.2) is 14.7 Å². The van der Waals surface area contributed by atoms with Gasteiger partial charge in [-0.25, -0.2) is 13.1 Å². The van der Waals surface area contributed by atoms with E-state index >= 15 is 0 Å². The summed E-state index contributed by atoms with van der Waals surface area (Å²) in [6.45, 7) is 0.321. The van der Waals surface area contributed by atoms with Gasteiger partial charge in [-0.1, -0.05) is 48.5 Å². The van der Waals surface area contributed by atoms with E-state index in [0.29, 0.717) is 6.54 Å². The summed E-state index contributed by atoms with van der Waals surface area (Å²) >= 11 is 0. The van der Waals surface area contributed by atoms with Crippen LogP contribution in [0, 0.1) is 6.07 Å². The van der Waals surface area contributed by atoms with Gasteiger partial charge in [-0.15, -0.1) is 0 Å². The zero-order chi connectivity index (χ0) is 13.0. The molecule has 2 rings (SSSR count). The maximum Gasteiger partial charge on any atom is 0.209 e. The van der Waals surface area contributed by atoms with Gasteiger partial charge < -0.3 is 0 Å². The highest BCUT2D eigenvalue weighted by molar-refractivity contribution is 7.88. The van der Waals surface area contributed by atoms with Crippen LogP contribution in [0.4, 0.5) is 0 Å². The average Bonchev–Trinajstić information content (AvgIpc) is 2.37. The largest absolute Gasteiger partial charge is 0.213 e. The third-order valence-corrected chi connectivity index (χ3v) is 3.21. The van der Waals surface area contributed by atoms with Crippen LogP contribution in [0.25, 0.3) is 11.1 Å². The lowest BCUT2D eigenvalue weighted by molar-refractivity contribution is 0.587. The van der Waals surface area contributed by atoms with E-state index in [0.717, 1.165) is 22.9 Å². The topological polar surface area (TPSA) is 46.2 Å². The summed E-state index contributed by atoms with van der Waals surface area (Å²) in [6.07, 6.45) is 1.15. The Morgan fingerprint density at radius 2 is 1.56 bits per heavy atom. The Labute approximate surface area is 108 Å². The second kappa shape index (κ2) is 5.33. The van der Waals surface area contributed by atoms with Gasteiger partial charge in [0, 0.05) is 6.54 Å². The number of sulfonamides is 1. The quantitative estimate of drug-likeness (QED) is 0.916. The summed E-state index contributed by atoms with van der Waals surface area (Å²) < 4.78 is 24.4. The van der Waals surface area contributed by atoms with Crippen molar-refractivity contribution < 1.29 is 8.42 Å². The van der Waals surface area contributed by atoms with Crippen molar-refractivity contribution in [3.63, 3.8) is 0 Å². The molecule has 4 heteroatoms. The monoisotopic (exact) mass is 260 g/mol. The van der Waals surface area contributed by atoms with E-state index in [4.69, 9.17) is 0 Å². The van der Waals surface area contributed by atoms with Crippen LogP contribution in [-0.2, 0) is 16.6 Å². The zero-order valence-corrected chi connectivity index (χ0v) is 10.9. The zero-order valence-electron chi connectivity index (χ0n) is 10.1. The van der Waals surface area contributed by atoms with Gasteiger partial charge in [0.1, 0.15) is 0 Å². The van der Waals surface area contributed by atoms with E-state index < -0.39 is 10.0 Å². The third kappa shape index (κ3) is 3.68. The molecular weight excluding hydrogens is 246 g/mol. The van der Waals surface area contributed by atoms with Crippen LogP contribution in [0.5, 0.6) is 0 Å². The molecule has 0 atom stereocenters. The number of benzene rings is 2. The van der Waals surface area contributed by atoms with Crippen molar-refractivity contribution in [3.8, 4) is 11.1 Å². The van der Waals surface area contributed by atoms with Crippen LogP contribution >= 0.6 is 0 Å². The molecule has 0 saturated carbocycles. The molecule has 0 spiro atoms. The van der Waals surface area contributed by atoms with E-state index in [1.165, 1.54) is 0 Å². The molecule has 0 saturated heterocycles. The van der Waals surface area contributed by atoms with Crippen molar-refractivity contribution in [3.05, 3.63) is 60.2 Å². The minimum absolute atomic E-state index is 0.321. The molecule has 2 aromatic carbocycles. The maximum absolute atomic E-state index is 11.0. The first-order valence-corrected chi connectivity index (χ1v) is 7.44. The third-order valence-electron chi connectivity index (χ3n) is 2.54. The Morgan fingerprint density at radius 1 is 1.00 bits per heavy atom. The molecule has 3 nitrogen and oxygen atoms in total. The van der Waals surface area contributed by atoms with Crippen molar-refractivity contribution in [2.75, 3.05) is 6.26 Å². The number of rotatable bonds is 4. The second-order valence-corrected chi connectivity index (χ2v) is 5.91. The van der Waals surface area contributed by atoms with Crippen molar-refractivity contribution in [1.82, 2.24) is 4.72 Å². The first kappa shape index (κ1) is 12.8. The van der Waals surface area contributed by atoms with Crippen molar-refractivity contribution in [2.45, 2.75) is 6.54 Å². The molecule has 1 N–H and O–H groups in total. The van der Waals surface area contributed by atoms with Gasteiger partial charge >= 0.3 is 0 Å². The van der Waals surface area contributed by atoms with Crippen LogP contribution in [0.1, 0.15) is 5.56 Å². The first-order chi connectivity index (χ1) is 8.54. The lowest BCUT2D eigenvalue weighted by Gasteiger charge is -2.05. The highest BCUT2D eigenvalue weighted by Gasteiger charge is 2.01. The standard InChI is InChI=1S/C14H14NO2S/c1-18(16,17)15-11-12-7-9-14(10-8-12)13-5-3-2-4-6-13/h3-10,15H,11H2,1H3. The van der Waals surface area contributed by atoms with Gasteiger partial charge in [0.05, 0.1) is 6.26 Å². The lowest BCUT2D eigenvalue weighted by atomic mass is 10.0. The summed E-state index contributed by atoms with van der Waals surface area (Å²) in [7, 11) is -3.14. The lowest BCUT2D eigenvalue weighted by Crippen LogP contribution is -2.21. The van der Waals surface area contributed by atoms with E-state index in [1.54, 1.807) is 0 Å². The molecule has 0 heterocycles. The second-order valence-electron chi connectivity index (χ2n) is 4.08. The highest BCUT2D eigenvalue weighted by atomic mass is 32.2. The molecule has 0 aliphatic heterocycles. The molecule has 0 unspecified atom stereocenters. The van der Waals surface area contributed by atoms with Gasteiger partial charge in [0.2, 0.25) is 10.0 Å². The van der Waals surface area contributed by atoms with Crippen molar-refractivity contribution >= 4 is 10.0 Å². The molecule has 1 radical (unpaired) electrons. The van der Waals surface area contributed by atoms with E-state index in [1.807, 2.05) is 48.5 Å². The smallest absolute Gasteiger partial charge is 0.209 e. The summed E-state index contributed by atoms with van der Waals surface area (Å²) in [5.74, 6) is 0. The van der Waals surface area contributed by atoms with Crippen LogP contribution in [0.15, 0.2) is 48.5 Å². The van der Waals surface area contributed by atoms with Gasteiger partial charge in [-0.05, 0) is 22.8 Å². The van der Waals surface area contributed by atoms with E-state index in [2.05, 4.69) is 10.8 Å². The van der Waals surface area contributed by atoms with E-state index in [9.17, 15) is 8.42 Å². The van der Waals surface area contributed by atoms with Gasteiger partial charge in [-0.3, -0.25) is 0 Å². The Balaban J connectivity index is 2.11. The van der Waals surface area contributed by atoms with Gasteiger partial charge in [-0.2, -0.15) is 0 Å². The first-order valence-electron chi connectivity index (χ1n) is 5.55. The fourth-order valence-corrected chi connectivity index (χ4v) is 2.04. The predicted octanol–water partition coefficient (Wildman–Crippen LogP) is 2.20. The predicted molar refractivity (Wildman–Crippen MR) is 72.4 cm³/mol. The SMILES string of the molecule is CS(=O)(=O)NCc1ccc(-c2cc[c]cc2)cc1. The normalized spacial score (nSPS) is 11.4. The van der Waals surface area contributed by atoms with Crippen LogP contribution in [0.3, 0.4) is 0 Å². The Hall–Kier alpha value is -1.65. The number of nitrogens with one attached hydrogen (secondary N) is 1. The fraction of sp³-hybridized carbons (Fsp3) is 0.143. The Kier molecular flexibility index (Phi) is 3.79. The highest BCUT2D eigenvalue weighted by Crippen LogP contribution is 2.18. The van der Waals surface area contributed by atoms with Crippen LogP contribution in [0.2, 0.25) is 0 Å². The molecule has 0 aliphatic rings. The van der Waals surface area contributed by atoms with Gasteiger partial charge in [0.15, 0.2) is 0 Å². The Bertz CT molecular complexity index is 604. The Morgan fingerprint density at radius 3 is 2.11 bits per heavy atom. The summed E-state index contributed by atoms with van der Waals surface area (Å²) in [5.41, 5.74) is 3.16. The molecule has 0 aliphatic carbocycles. The van der Waals surface area contributed by atoms with Crippen LogP contribution < -0.4 is 4.72 Å². The fourth-order valence-electron chi connectivity index (χ4n) is 1.61. The van der Waals surface area contributed by atoms with E-state index in [-0.39, 0.29) is 0 Å². The maximum atomic E-state index is 11.0. The summed E-state index contributed by atoms with van der Waals surface area (Å²) in [6, 6.07) is 18.5. The molecular formula is C14H14NO2S. The molecule has 93 valence electrons. The van der Waals surface area contributed by atoms with Gasteiger partial charge in [0.25, 0.3) is 0 Å². The minimum atomic E-state index is -3.14. The molecule has 0 amide bonds.